The molecule has 2 aromatic rings. The van der Waals surface area contributed by atoms with E-state index in [1.54, 1.807) is 12.1 Å². The van der Waals surface area contributed by atoms with Crippen LogP contribution < -0.4 is 5.32 Å². The molecule has 118 valence electrons. The van der Waals surface area contributed by atoms with E-state index in [-0.39, 0.29) is 12.5 Å². The minimum Gasteiger partial charge on any atom is -0.324 e. The molecule has 0 aliphatic rings. The summed E-state index contributed by atoms with van der Waals surface area (Å²) in [7, 11) is 0. The van der Waals surface area contributed by atoms with E-state index in [0.717, 1.165) is 22.5 Å². The molecule has 0 aliphatic heterocycles. The summed E-state index contributed by atoms with van der Waals surface area (Å²) in [5.74, 6) is -0.206. The first-order valence-electron chi connectivity index (χ1n) is 6.77. The van der Waals surface area contributed by atoms with Gasteiger partial charge >= 0.3 is 6.18 Å². The molecule has 0 atom stereocenters. The number of carbonyl (C=O) groups is 1. The zero-order valence-corrected chi connectivity index (χ0v) is 12.2. The Morgan fingerprint density at radius 2 is 1.95 bits per heavy atom. The van der Waals surface area contributed by atoms with Crippen molar-refractivity contribution in [3.05, 3.63) is 47.8 Å². The van der Waals surface area contributed by atoms with Gasteiger partial charge in [0.15, 0.2) is 5.69 Å². The van der Waals surface area contributed by atoms with Crippen molar-refractivity contribution in [3.63, 3.8) is 0 Å². The van der Waals surface area contributed by atoms with Gasteiger partial charge in [-0.05, 0) is 23.6 Å². The summed E-state index contributed by atoms with van der Waals surface area (Å²) < 4.78 is 38.3. The van der Waals surface area contributed by atoms with Crippen LogP contribution in [0.25, 0.3) is 0 Å². The molecule has 0 fully saturated rings. The zero-order valence-electron chi connectivity index (χ0n) is 12.2. The summed E-state index contributed by atoms with van der Waals surface area (Å²) in [6.07, 6.45) is -3.37. The number of amides is 1. The SMILES string of the molecule is CC(C)c1ccccc1NC(=O)Cn1ccc(C(F)(F)F)n1. The summed E-state index contributed by atoms with van der Waals surface area (Å²) in [6, 6.07) is 8.16. The third-order valence-corrected chi connectivity index (χ3v) is 3.09. The van der Waals surface area contributed by atoms with Crippen molar-refractivity contribution in [3.8, 4) is 0 Å². The molecule has 0 spiro atoms. The normalized spacial score (nSPS) is 11.7. The summed E-state index contributed by atoms with van der Waals surface area (Å²) >= 11 is 0. The molecule has 0 unspecified atom stereocenters. The van der Waals surface area contributed by atoms with Crippen molar-refractivity contribution in [1.29, 1.82) is 0 Å². The van der Waals surface area contributed by atoms with Crippen LogP contribution in [0.15, 0.2) is 36.5 Å². The number of nitrogens with zero attached hydrogens (tertiary/aromatic N) is 2. The molecular formula is C15H16F3N3O. The van der Waals surface area contributed by atoms with Gasteiger partial charge in [0, 0.05) is 11.9 Å². The number of alkyl halides is 3. The van der Waals surface area contributed by atoms with Gasteiger partial charge in [0.2, 0.25) is 5.91 Å². The monoisotopic (exact) mass is 311 g/mol. The van der Waals surface area contributed by atoms with Crippen LogP contribution in [0.4, 0.5) is 18.9 Å². The Balaban J connectivity index is 2.06. The van der Waals surface area contributed by atoms with Crippen LogP contribution in [-0.2, 0) is 17.5 Å². The lowest BCUT2D eigenvalue weighted by atomic mass is 10.0. The van der Waals surface area contributed by atoms with Gasteiger partial charge in [0.05, 0.1) is 0 Å². The standard InChI is InChI=1S/C15H16F3N3O/c1-10(2)11-5-3-4-6-12(11)19-14(22)9-21-8-7-13(20-21)15(16,17)18/h3-8,10H,9H2,1-2H3,(H,19,22). The lowest BCUT2D eigenvalue weighted by Gasteiger charge is -2.13. The van der Waals surface area contributed by atoms with Crippen molar-refractivity contribution < 1.29 is 18.0 Å². The number of hydrogen-bond donors (Lipinski definition) is 1. The number of halogens is 3. The second-order valence-corrected chi connectivity index (χ2v) is 5.19. The second-order valence-electron chi connectivity index (χ2n) is 5.19. The van der Waals surface area contributed by atoms with E-state index in [4.69, 9.17) is 0 Å². The number of hydrogen-bond acceptors (Lipinski definition) is 2. The minimum absolute atomic E-state index is 0.220. The van der Waals surface area contributed by atoms with E-state index < -0.39 is 17.8 Å². The highest BCUT2D eigenvalue weighted by molar-refractivity contribution is 5.91. The number of benzene rings is 1. The maximum atomic E-state index is 12.5. The molecule has 1 amide bonds. The van der Waals surface area contributed by atoms with Gasteiger partial charge < -0.3 is 5.32 Å². The Morgan fingerprint density at radius 1 is 1.27 bits per heavy atom. The fourth-order valence-corrected chi connectivity index (χ4v) is 2.05. The molecule has 0 aliphatic carbocycles. The van der Waals surface area contributed by atoms with Crippen molar-refractivity contribution >= 4 is 11.6 Å². The van der Waals surface area contributed by atoms with Crippen LogP contribution >= 0.6 is 0 Å². The van der Waals surface area contributed by atoms with Crippen LogP contribution in [0.1, 0.15) is 31.0 Å². The lowest BCUT2D eigenvalue weighted by Crippen LogP contribution is -2.20. The van der Waals surface area contributed by atoms with Crippen LogP contribution in [0.3, 0.4) is 0 Å². The van der Waals surface area contributed by atoms with Gasteiger partial charge in [-0.15, -0.1) is 0 Å². The molecule has 1 heterocycles. The van der Waals surface area contributed by atoms with Crippen LogP contribution in [0, 0.1) is 0 Å². The van der Waals surface area contributed by atoms with Crippen LogP contribution in [0.5, 0.6) is 0 Å². The smallest absolute Gasteiger partial charge is 0.324 e. The molecule has 0 saturated heterocycles. The van der Waals surface area contributed by atoms with Crippen molar-refractivity contribution in [2.75, 3.05) is 5.32 Å². The highest BCUT2D eigenvalue weighted by Gasteiger charge is 2.33. The summed E-state index contributed by atoms with van der Waals surface area (Å²) in [5, 5.41) is 6.06. The third kappa shape index (κ3) is 3.87. The van der Waals surface area contributed by atoms with Gasteiger partial charge in [-0.25, -0.2) is 0 Å². The summed E-state index contributed by atoms with van der Waals surface area (Å²) in [6.45, 7) is 3.71. The number of para-hydroxylation sites is 1. The average Bonchev–Trinajstić information content (AvgIpc) is 2.87. The number of aromatic nitrogens is 2. The maximum absolute atomic E-state index is 12.5. The Hall–Kier alpha value is -2.31. The van der Waals surface area contributed by atoms with Gasteiger partial charge in [-0.2, -0.15) is 18.3 Å². The van der Waals surface area contributed by atoms with Crippen molar-refractivity contribution in [2.24, 2.45) is 0 Å². The molecule has 4 nitrogen and oxygen atoms in total. The minimum atomic E-state index is -4.51. The first-order chi connectivity index (χ1) is 10.3. The third-order valence-electron chi connectivity index (χ3n) is 3.09. The number of anilines is 1. The lowest BCUT2D eigenvalue weighted by molar-refractivity contribution is -0.141. The van der Waals surface area contributed by atoms with E-state index in [2.05, 4.69) is 10.4 Å². The summed E-state index contributed by atoms with van der Waals surface area (Å²) in [5.41, 5.74) is 0.612. The highest BCUT2D eigenvalue weighted by Crippen LogP contribution is 2.27. The Bertz CT molecular complexity index is 662. The number of carbonyl (C=O) groups excluding carboxylic acids is 1. The molecule has 1 aromatic carbocycles. The molecule has 0 saturated carbocycles. The average molecular weight is 311 g/mol. The number of rotatable bonds is 4. The Morgan fingerprint density at radius 3 is 2.55 bits per heavy atom. The molecule has 7 heteroatoms. The van der Waals surface area contributed by atoms with E-state index in [1.165, 1.54) is 0 Å². The molecular weight excluding hydrogens is 295 g/mol. The van der Waals surface area contributed by atoms with Gasteiger partial charge in [0.25, 0.3) is 0 Å². The van der Waals surface area contributed by atoms with Crippen LogP contribution in [0.2, 0.25) is 0 Å². The topological polar surface area (TPSA) is 46.9 Å². The molecule has 2 rings (SSSR count). The second kappa shape index (κ2) is 6.21. The molecule has 1 aromatic heterocycles. The molecule has 0 bridgehead atoms. The fraction of sp³-hybridized carbons (Fsp3) is 0.333. The predicted molar refractivity (Wildman–Crippen MR) is 76.4 cm³/mol. The largest absolute Gasteiger partial charge is 0.435 e. The number of nitrogens with one attached hydrogen (secondary N) is 1. The van der Waals surface area contributed by atoms with E-state index in [0.29, 0.717) is 5.69 Å². The maximum Gasteiger partial charge on any atom is 0.435 e. The Labute approximate surface area is 125 Å². The zero-order chi connectivity index (χ0) is 16.3. The molecule has 1 N–H and O–H groups in total. The van der Waals surface area contributed by atoms with Gasteiger partial charge in [-0.3, -0.25) is 9.48 Å². The molecule has 22 heavy (non-hydrogen) atoms. The first kappa shape index (κ1) is 16.1. The van der Waals surface area contributed by atoms with Gasteiger partial charge in [0.1, 0.15) is 6.54 Å². The quantitative estimate of drug-likeness (QED) is 0.936. The van der Waals surface area contributed by atoms with Crippen molar-refractivity contribution in [2.45, 2.75) is 32.5 Å². The first-order valence-corrected chi connectivity index (χ1v) is 6.77. The fourth-order valence-electron chi connectivity index (χ4n) is 2.05. The van der Waals surface area contributed by atoms with Crippen LogP contribution in [-0.4, -0.2) is 15.7 Å². The highest BCUT2D eigenvalue weighted by atomic mass is 19.4. The molecule has 0 radical (unpaired) electrons. The van der Waals surface area contributed by atoms with Gasteiger partial charge in [-0.1, -0.05) is 32.0 Å². The van der Waals surface area contributed by atoms with Crippen molar-refractivity contribution in [1.82, 2.24) is 9.78 Å². The van der Waals surface area contributed by atoms with E-state index in [9.17, 15) is 18.0 Å². The predicted octanol–water partition coefficient (Wildman–Crippen LogP) is 3.66. The Kier molecular flexibility index (Phi) is 4.54. The summed E-state index contributed by atoms with van der Waals surface area (Å²) in [4.78, 5) is 12.0. The van der Waals surface area contributed by atoms with E-state index >= 15 is 0 Å². The van der Waals surface area contributed by atoms with E-state index in [1.807, 2.05) is 26.0 Å².